The fourth-order valence-corrected chi connectivity index (χ4v) is 1.55. The molecule has 0 bridgehead atoms. The SMILES string of the molecule is Nc1n[nH]c(C(=O)N2CCO[C@@H](C(F)(F)F)C2)n1. The lowest BCUT2D eigenvalue weighted by Gasteiger charge is -2.33. The van der Waals surface area contributed by atoms with E-state index in [1.165, 1.54) is 0 Å². The molecule has 0 aliphatic carbocycles. The van der Waals surface area contributed by atoms with E-state index in [2.05, 4.69) is 19.9 Å². The van der Waals surface area contributed by atoms with Crippen molar-refractivity contribution in [2.24, 2.45) is 0 Å². The van der Waals surface area contributed by atoms with Gasteiger partial charge < -0.3 is 15.4 Å². The number of ether oxygens (including phenoxy) is 1. The lowest BCUT2D eigenvalue weighted by Crippen LogP contribution is -2.51. The molecule has 0 unspecified atom stereocenters. The lowest BCUT2D eigenvalue weighted by molar-refractivity contribution is -0.233. The second kappa shape index (κ2) is 4.44. The van der Waals surface area contributed by atoms with Gasteiger partial charge in [0.2, 0.25) is 11.8 Å². The molecule has 18 heavy (non-hydrogen) atoms. The first-order valence-electron chi connectivity index (χ1n) is 5.03. The molecule has 0 aromatic carbocycles. The van der Waals surface area contributed by atoms with Gasteiger partial charge in [0.15, 0.2) is 6.10 Å². The number of hydrogen-bond acceptors (Lipinski definition) is 5. The van der Waals surface area contributed by atoms with Crippen LogP contribution in [0.4, 0.5) is 19.1 Å². The molecular weight excluding hydrogens is 255 g/mol. The van der Waals surface area contributed by atoms with Crippen molar-refractivity contribution in [1.29, 1.82) is 0 Å². The maximum absolute atomic E-state index is 12.5. The van der Waals surface area contributed by atoms with E-state index in [1.54, 1.807) is 0 Å². The van der Waals surface area contributed by atoms with Gasteiger partial charge in [-0.2, -0.15) is 18.2 Å². The number of nitrogen functional groups attached to an aromatic ring is 1. The number of nitrogens with two attached hydrogens (primary N) is 1. The highest BCUT2D eigenvalue weighted by molar-refractivity contribution is 5.90. The summed E-state index contributed by atoms with van der Waals surface area (Å²) in [4.78, 5) is 16.4. The molecule has 1 saturated heterocycles. The third-order valence-corrected chi connectivity index (χ3v) is 2.42. The van der Waals surface area contributed by atoms with Crippen molar-refractivity contribution < 1.29 is 22.7 Å². The van der Waals surface area contributed by atoms with Crippen molar-refractivity contribution in [3.8, 4) is 0 Å². The van der Waals surface area contributed by atoms with Crippen molar-refractivity contribution in [1.82, 2.24) is 20.1 Å². The second-order valence-corrected chi connectivity index (χ2v) is 3.69. The van der Waals surface area contributed by atoms with Crippen LogP contribution in [0.2, 0.25) is 0 Å². The zero-order valence-electron chi connectivity index (χ0n) is 9.07. The zero-order valence-corrected chi connectivity index (χ0v) is 9.07. The Bertz CT molecular complexity index is 446. The fourth-order valence-electron chi connectivity index (χ4n) is 1.55. The number of nitrogens with one attached hydrogen (secondary N) is 1. The number of aromatic amines is 1. The first kappa shape index (κ1) is 12.6. The number of rotatable bonds is 1. The number of hydrogen-bond donors (Lipinski definition) is 2. The summed E-state index contributed by atoms with van der Waals surface area (Å²) in [6.45, 7) is -0.686. The topological polar surface area (TPSA) is 97.1 Å². The Kier molecular flexibility index (Phi) is 3.11. The predicted molar refractivity (Wildman–Crippen MR) is 52.5 cm³/mol. The quantitative estimate of drug-likeness (QED) is 0.732. The highest BCUT2D eigenvalue weighted by atomic mass is 19.4. The lowest BCUT2D eigenvalue weighted by atomic mass is 10.2. The van der Waals surface area contributed by atoms with Crippen LogP contribution in [0.5, 0.6) is 0 Å². The molecular formula is C8H10F3N5O2. The molecule has 100 valence electrons. The van der Waals surface area contributed by atoms with Crippen LogP contribution >= 0.6 is 0 Å². The number of nitrogens with zero attached hydrogens (tertiary/aromatic N) is 3. The number of morpholine rings is 1. The minimum atomic E-state index is -4.50. The number of carbonyl (C=O) groups is 1. The molecule has 1 atom stereocenters. The standard InChI is InChI=1S/C8H10F3N5O2/c9-8(10,11)4-3-16(1-2-18-4)6(17)5-13-7(12)15-14-5/h4H,1-3H2,(H3,12,13,14,15)/t4-/m1/s1. The van der Waals surface area contributed by atoms with E-state index in [1.807, 2.05) is 0 Å². The van der Waals surface area contributed by atoms with Gasteiger partial charge in [-0.25, -0.2) is 0 Å². The normalized spacial score (nSPS) is 21.1. The number of alkyl halides is 3. The molecule has 10 heteroatoms. The molecule has 0 saturated carbocycles. The maximum Gasteiger partial charge on any atom is 0.416 e. The van der Waals surface area contributed by atoms with E-state index < -0.39 is 24.7 Å². The number of H-pyrrole nitrogens is 1. The van der Waals surface area contributed by atoms with Crippen molar-refractivity contribution in [3.63, 3.8) is 0 Å². The van der Waals surface area contributed by atoms with Crippen molar-refractivity contribution in [2.75, 3.05) is 25.4 Å². The number of anilines is 1. The van der Waals surface area contributed by atoms with Gasteiger partial charge in [-0.1, -0.05) is 0 Å². The third kappa shape index (κ3) is 2.53. The summed E-state index contributed by atoms with van der Waals surface area (Å²) < 4.78 is 42.0. The van der Waals surface area contributed by atoms with Crippen LogP contribution in [-0.4, -0.2) is 58.0 Å². The Balaban J connectivity index is 2.07. The molecule has 3 N–H and O–H groups in total. The average molecular weight is 265 g/mol. The molecule has 2 rings (SSSR count). The Morgan fingerprint density at radius 3 is 2.83 bits per heavy atom. The van der Waals surface area contributed by atoms with Crippen LogP contribution in [0.15, 0.2) is 0 Å². The molecule has 0 radical (unpaired) electrons. The third-order valence-electron chi connectivity index (χ3n) is 2.42. The Hall–Kier alpha value is -1.84. The number of carbonyl (C=O) groups excluding carboxylic acids is 1. The molecule has 7 nitrogen and oxygen atoms in total. The van der Waals surface area contributed by atoms with Crippen LogP contribution in [0.25, 0.3) is 0 Å². The number of halogens is 3. The molecule has 1 fully saturated rings. The van der Waals surface area contributed by atoms with E-state index >= 15 is 0 Å². The number of amides is 1. The summed E-state index contributed by atoms with van der Waals surface area (Å²) in [5, 5.41) is 5.70. The van der Waals surface area contributed by atoms with E-state index in [0.29, 0.717) is 0 Å². The van der Waals surface area contributed by atoms with Crippen molar-refractivity contribution >= 4 is 11.9 Å². The van der Waals surface area contributed by atoms with Crippen molar-refractivity contribution in [2.45, 2.75) is 12.3 Å². The Morgan fingerprint density at radius 1 is 1.56 bits per heavy atom. The highest BCUT2D eigenvalue weighted by Gasteiger charge is 2.44. The van der Waals surface area contributed by atoms with Crippen LogP contribution in [0.1, 0.15) is 10.6 Å². The summed E-state index contributed by atoms with van der Waals surface area (Å²) in [6.07, 6.45) is -6.48. The smallest absolute Gasteiger partial charge is 0.366 e. The fraction of sp³-hybridized carbons (Fsp3) is 0.625. The first-order chi connectivity index (χ1) is 8.38. The zero-order chi connectivity index (χ0) is 13.3. The second-order valence-electron chi connectivity index (χ2n) is 3.69. The number of aromatic nitrogens is 3. The van der Waals surface area contributed by atoms with Gasteiger partial charge >= 0.3 is 6.18 Å². The minimum Gasteiger partial charge on any atom is -0.366 e. The minimum absolute atomic E-state index is 0.0615. The van der Waals surface area contributed by atoms with Gasteiger partial charge in [-0.3, -0.25) is 9.89 Å². The summed E-state index contributed by atoms with van der Waals surface area (Å²) in [5.74, 6) is -1.01. The summed E-state index contributed by atoms with van der Waals surface area (Å²) in [6, 6.07) is 0. The molecule has 1 amide bonds. The molecule has 1 aliphatic rings. The largest absolute Gasteiger partial charge is 0.416 e. The van der Waals surface area contributed by atoms with E-state index in [0.717, 1.165) is 4.90 Å². The first-order valence-corrected chi connectivity index (χ1v) is 5.03. The van der Waals surface area contributed by atoms with Crippen LogP contribution in [-0.2, 0) is 4.74 Å². The molecule has 2 heterocycles. The van der Waals surface area contributed by atoms with Gasteiger partial charge in [0.1, 0.15) is 0 Å². The van der Waals surface area contributed by atoms with E-state index in [-0.39, 0.29) is 24.9 Å². The van der Waals surface area contributed by atoms with Gasteiger partial charge in [-0.15, -0.1) is 5.10 Å². The van der Waals surface area contributed by atoms with Crippen LogP contribution < -0.4 is 5.73 Å². The van der Waals surface area contributed by atoms with E-state index in [4.69, 9.17) is 5.73 Å². The summed E-state index contributed by atoms with van der Waals surface area (Å²) in [7, 11) is 0. The highest BCUT2D eigenvalue weighted by Crippen LogP contribution is 2.26. The Labute approximate surface area is 99.1 Å². The summed E-state index contributed by atoms with van der Waals surface area (Å²) >= 11 is 0. The van der Waals surface area contributed by atoms with Crippen LogP contribution in [0.3, 0.4) is 0 Å². The molecule has 1 aromatic heterocycles. The predicted octanol–water partition coefficient (Wildman–Crippen LogP) is -0.210. The summed E-state index contributed by atoms with van der Waals surface area (Å²) in [5.41, 5.74) is 5.21. The monoisotopic (exact) mass is 265 g/mol. The van der Waals surface area contributed by atoms with Gasteiger partial charge in [0, 0.05) is 6.54 Å². The Morgan fingerprint density at radius 2 is 2.28 bits per heavy atom. The maximum atomic E-state index is 12.5. The van der Waals surface area contributed by atoms with E-state index in [9.17, 15) is 18.0 Å². The average Bonchev–Trinajstić information content (AvgIpc) is 2.74. The molecule has 1 aliphatic heterocycles. The van der Waals surface area contributed by atoms with Crippen molar-refractivity contribution in [3.05, 3.63) is 5.82 Å². The van der Waals surface area contributed by atoms with Gasteiger partial charge in [0.05, 0.1) is 13.2 Å². The van der Waals surface area contributed by atoms with Gasteiger partial charge in [0.25, 0.3) is 5.91 Å². The van der Waals surface area contributed by atoms with Gasteiger partial charge in [-0.05, 0) is 0 Å². The molecule has 1 aromatic rings. The molecule has 0 spiro atoms. The van der Waals surface area contributed by atoms with Crippen LogP contribution in [0, 0.1) is 0 Å².